The van der Waals surface area contributed by atoms with Gasteiger partial charge < -0.3 is 20.8 Å². The Labute approximate surface area is 299 Å². The van der Waals surface area contributed by atoms with Gasteiger partial charge >= 0.3 is 0 Å². The van der Waals surface area contributed by atoms with Crippen molar-refractivity contribution < 1.29 is 15.0 Å². The molecule has 258 valence electrons. The van der Waals surface area contributed by atoms with Gasteiger partial charge in [0.2, 0.25) is 0 Å². The molecule has 11 nitrogen and oxygen atoms in total. The highest BCUT2D eigenvalue weighted by molar-refractivity contribution is 6.39. The number of aliphatic hydroxyl groups is 2. The fourth-order valence-electron chi connectivity index (χ4n) is 7.48. The molecule has 6 heterocycles. The van der Waals surface area contributed by atoms with Crippen LogP contribution in [0.4, 0.5) is 17.2 Å². The van der Waals surface area contributed by atoms with Crippen LogP contribution in [0.15, 0.2) is 67.0 Å². The molecule has 0 spiro atoms. The molecule has 3 atom stereocenters. The van der Waals surface area contributed by atoms with Crippen LogP contribution in [0.25, 0.3) is 22.0 Å². The van der Waals surface area contributed by atoms with Gasteiger partial charge in [0.15, 0.2) is 11.5 Å². The SMILES string of the molecule is O=C(Nc1cccc(-c2cccc(Nc3nccc4cc(CN5CC[C@@H](O)C5)cnc34)c2Cl)c1Cl)c1cc2n(n1)CCCC2N1CC[C@@H](O)C1. The average Bonchev–Trinajstić information content (AvgIpc) is 3.86. The van der Waals surface area contributed by atoms with Crippen molar-refractivity contribution in [1.82, 2.24) is 29.5 Å². The third kappa shape index (κ3) is 6.57. The monoisotopic (exact) mass is 712 g/mol. The van der Waals surface area contributed by atoms with Crippen molar-refractivity contribution in [3.8, 4) is 11.1 Å². The summed E-state index contributed by atoms with van der Waals surface area (Å²) in [4.78, 5) is 27.3. The van der Waals surface area contributed by atoms with Crippen LogP contribution in [-0.2, 0) is 13.1 Å². The summed E-state index contributed by atoms with van der Waals surface area (Å²) < 4.78 is 1.92. The molecule has 2 aromatic carbocycles. The lowest BCUT2D eigenvalue weighted by molar-refractivity contribution is 0.102. The van der Waals surface area contributed by atoms with Crippen LogP contribution in [0, 0.1) is 0 Å². The summed E-state index contributed by atoms with van der Waals surface area (Å²) in [5, 5.41) is 32.7. The molecule has 1 unspecified atom stereocenters. The van der Waals surface area contributed by atoms with Gasteiger partial charge in [-0.3, -0.25) is 24.3 Å². The Morgan fingerprint density at radius 2 is 1.64 bits per heavy atom. The van der Waals surface area contributed by atoms with Crippen molar-refractivity contribution in [1.29, 1.82) is 0 Å². The Bertz CT molecular complexity index is 2070. The van der Waals surface area contributed by atoms with Crippen molar-refractivity contribution in [2.75, 3.05) is 36.8 Å². The predicted molar refractivity (Wildman–Crippen MR) is 195 cm³/mol. The highest BCUT2D eigenvalue weighted by Crippen LogP contribution is 2.41. The normalized spacial score (nSPS) is 21.1. The van der Waals surface area contributed by atoms with E-state index in [1.807, 2.05) is 53.3 Å². The molecular weight excluding hydrogens is 675 g/mol. The van der Waals surface area contributed by atoms with Crippen LogP contribution < -0.4 is 10.6 Å². The Hall–Kier alpha value is -4.10. The number of rotatable bonds is 8. The number of fused-ring (bicyclic) bond motifs is 2. The number of hydrogen-bond donors (Lipinski definition) is 4. The first-order valence-corrected chi connectivity index (χ1v) is 17.9. The van der Waals surface area contributed by atoms with Gasteiger partial charge in [-0.25, -0.2) is 4.98 Å². The molecule has 3 aromatic heterocycles. The van der Waals surface area contributed by atoms with Gasteiger partial charge in [-0.2, -0.15) is 5.10 Å². The van der Waals surface area contributed by atoms with Gasteiger partial charge in [0.25, 0.3) is 5.91 Å². The predicted octanol–water partition coefficient (Wildman–Crippen LogP) is 6.26. The summed E-state index contributed by atoms with van der Waals surface area (Å²) in [6.07, 6.45) is 6.52. The molecule has 3 aliphatic heterocycles. The number of aromatic nitrogens is 4. The summed E-state index contributed by atoms with van der Waals surface area (Å²) in [6.45, 7) is 4.51. The molecular formula is C37H38Cl2N8O3. The minimum absolute atomic E-state index is 0.137. The molecule has 13 heteroatoms. The fourth-order valence-corrected chi connectivity index (χ4v) is 8.03. The lowest BCUT2D eigenvalue weighted by atomic mass is 10.0. The number of nitrogens with zero attached hydrogens (tertiary/aromatic N) is 6. The topological polar surface area (TPSA) is 132 Å². The second-order valence-corrected chi connectivity index (χ2v) is 14.2. The van der Waals surface area contributed by atoms with Crippen molar-refractivity contribution in [2.24, 2.45) is 0 Å². The standard InChI is InChI=1S/C37H38Cl2N8O3/c38-33-26(4-1-6-28(33)42-36-35-23(9-12-40-36)16-22(18-41-35)19-45-14-10-24(48)20-45)27-5-2-7-29(34(27)39)43-37(50)30-17-32-31(8-3-13-47(32)44-30)46-15-11-25(49)21-46/h1-2,4-7,9,12,16-18,24-25,31,48-49H,3,8,10-11,13-15,19-21H2,(H,40,42)(H,43,50)/t24-,25-,31?/m1/s1. The maximum Gasteiger partial charge on any atom is 0.276 e. The van der Waals surface area contributed by atoms with Crippen LogP contribution in [0.2, 0.25) is 10.0 Å². The molecule has 0 aliphatic carbocycles. The van der Waals surface area contributed by atoms with E-state index < -0.39 is 0 Å². The molecule has 2 saturated heterocycles. The lowest BCUT2D eigenvalue weighted by Gasteiger charge is -2.31. The quantitative estimate of drug-likeness (QED) is 0.147. The van der Waals surface area contributed by atoms with E-state index in [1.54, 1.807) is 12.3 Å². The van der Waals surface area contributed by atoms with Crippen LogP contribution in [0.5, 0.6) is 0 Å². The summed E-state index contributed by atoms with van der Waals surface area (Å²) in [7, 11) is 0. The van der Waals surface area contributed by atoms with Crippen molar-refractivity contribution in [2.45, 2.75) is 57.0 Å². The van der Waals surface area contributed by atoms with E-state index in [0.717, 1.165) is 68.5 Å². The first kappa shape index (κ1) is 33.1. The number of pyridine rings is 2. The molecule has 50 heavy (non-hydrogen) atoms. The van der Waals surface area contributed by atoms with E-state index in [2.05, 4.69) is 36.6 Å². The number of halogens is 2. The molecule has 8 rings (SSSR count). The molecule has 0 radical (unpaired) electrons. The van der Waals surface area contributed by atoms with Gasteiger partial charge in [0.1, 0.15) is 5.52 Å². The average molecular weight is 714 g/mol. The van der Waals surface area contributed by atoms with Crippen molar-refractivity contribution in [3.05, 3.63) is 94.0 Å². The lowest BCUT2D eigenvalue weighted by Crippen LogP contribution is -2.32. The number of likely N-dealkylation sites (tertiary alicyclic amines) is 2. The second-order valence-electron chi connectivity index (χ2n) is 13.4. The van der Waals surface area contributed by atoms with Gasteiger partial charge in [-0.05, 0) is 61.6 Å². The zero-order valence-electron chi connectivity index (χ0n) is 27.4. The molecule has 2 fully saturated rings. The molecule has 4 N–H and O–H groups in total. The van der Waals surface area contributed by atoms with Crippen molar-refractivity contribution in [3.63, 3.8) is 0 Å². The Morgan fingerprint density at radius 3 is 2.40 bits per heavy atom. The highest BCUT2D eigenvalue weighted by atomic mass is 35.5. The van der Waals surface area contributed by atoms with Gasteiger partial charge in [0, 0.05) is 68.2 Å². The smallest absolute Gasteiger partial charge is 0.276 e. The summed E-state index contributed by atoms with van der Waals surface area (Å²) in [5.41, 5.74) is 5.56. The molecule has 0 saturated carbocycles. The number of aryl methyl sites for hydroxylation is 1. The largest absolute Gasteiger partial charge is 0.392 e. The van der Waals surface area contributed by atoms with Crippen LogP contribution >= 0.6 is 23.2 Å². The number of carbonyl (C=O) groups is 1. The number of aliphatic hydroxyl groups excluding tert-OH is 2. The Morgan fingerprint density at radius 1 is 0.880 bits per heavy atom. The molecule has 5 aromatic rings. The van der Waals surface area contributed by atoms with E-state index in [4.69, 9.17) is 28.2 Å². The highest BCUT2D eigenvalue weighted by Gasteiger charge is 2.33. The van der Waals surface area contributed by atoms with Crippen molar-refractivity contribution >= 4 is 57.2 Å². The van der Waals surface area contributed by atoms with Crippen LogP contribution in [0.1, 0.15) is 53.5 Å². The Balaban J connectivity index is 1.01. The summed E-state index contributed by atoms with van der Waals surface area (Å²) >= 11 is 14.0. The number of carbonyl (C=O) groups excluding carboxylic acids is 1. The Kier molecular flexibility index (Phi) is 9.19. The van der Waals surface area contributed by atoms with Gasteiger partial charge in [-0.15, -0.1) is 0 Å². The number of amides is 1. The molecule has 0 bridgehead atoms. The van der Waals surface area contributed by atoms with Crippen LogP contribution in [0.3, 0.4) is 0 Å². The maximum atomic E-state index is 13.5. The molecule has 3 aliphatic rings. The number of benzene rings is 2. The maximum absolute atomic E-state index is 13.5. The number of nitrogens with one attached hydrogen (secondary N) is 2. The van der Waals surface area contributed by atoms with E-state index >= 15 is 0 Å². The van der Waals surface area contributed by atoms with E-state index in [-0.39, 0.29) is 24.2 Å². The third-order valence-corrected chi connectivity index (χ3v) is 10.8. The van der Waals surface area contributed by atoms with E-state index in [9.17, 15) is 15.0 Å². The number of β-amino-alcohol motifs (C(OH)–C–C–N with tert-alkyl or cyclic N) is 2. The minimum Gasteiger partial charge on any atom is -0.392 e. The summed E-state index contributed by atoms with van der Waals surface area (Å²) in [5.74, 6) is 0.228. The summed E-state index contributed by atoms with van der Waals surface area (Å²) in [6, 6.07) is 17.1. The van der Waals surface area contributed by atoms with E-state index in [0.29, 0.717) is 62.7 Å². The third-order valence-electron chi connectivity index (χ3n) is 9.97. The first-order chi connectivity index (χ1) is 24.3. The number of anilines is 3. The van der Waals surface area contributed by atoms with Gasteiger partial charge in [-0.1, -0.05) is 47.5 Å². The number of hydrogen-bond acceptors (Lipinski definition) is 9. The minimum atomic E-state index is -0.344. The molecule has 1 amide bonds. The van der Waals surface area contributed by atoms with Gasteiger partial charge in [0.05, 0.1) is 45.4 Å². The van der Waals surface area contributed by atoms with Crippen LogP contribution in [-0.4, -0.2) is 84.1 Å². The fraction of sp³-hybridized carbons (Fsp3) is 0.351. The zero-order chi connectivity index (χ0) is 34.4. The first-order valence-electron chi connectivity index (χ1n) is 17.1. The van der Waals surface area contributed by atoms with E-state index in [1.165, 1.54) is 0 Å². The zero-order valence-corrected chi connectivity index (χ0v) is 28.9. The second kappa shape index (κ2) is 13.9.